The van der Waals surface area contributed by atoms with E-state index in [1.165, 1.54) is 17.1 Å². The van der Waals surface area contributed by atoms with Crippen molar-refractivity contribution in [3.05, 3.63) is 41.7 Å². The molecule has 102 valence electrons. The molecule has 2 rings (SSSR count). The first-order valence-electron chi connectivity index (χ1n) is 6.63. The SMILES string of the molecule is CC(C)CNc1nc(C(C)(C)c2ccccc2)ns1. The first-order valence-corrected chi connectivity index (χ1v) is 7.41. The van der Waals surface area contributed by atoms with Gasteiger partial charge in [0.25, 0.3) is 0 Å². The van der Waals surface area contributed by atoms with Gasteiger partial charge in [-0.2, -0.15) is 4.37 Å². The topological polar surface area (TPSA) is 37.8 Å². The van der Waals surface area contributed by atoms with Gasteiger partial charge in [0.1, 0.15) is 0 Å². The van der Waals surface area contributed by atoms with Crippen molar-refractivity contribution < 1.29 is 0 Å². The number of hydrogen-bond donors (Lipinski definition) is 1. The number of rotatable bonds is 5. The highest BCUT2D eigenvalue weighted by Crippen LogP contribution is 2.30. The van der Waals surface area contributed by atoms with Crippen LogP contribution in [0.4, 0.5) is 5.13 Å². The third kappa shape index (κ3) is 3.32. The van der Waals surface area contributed by atoms with Gasteiger partial charge < -0.3 is 5.32 Å². The first-order chi connectivity index (χ1) is 9.00. The molecule has 1 heterocycles. The van der Waals surface area contributed by atoms with Crippen LogP contribution in [0.5, 0.6) is 0 Å². The highest BCUT2D eigenvalue weighted by Gasteiger charge is 2.27. The zero-order valence-electron chi connectivity index (χ0n) is 12.0. The van der Waals surface area contributed by atoms with Crippen molar-refractivity contribution in [3.8, 4) is 0 Å². The molecule has 0 saturated heterocycles. The van der Waals surface area contributed by atoms with Gasteiger partial charge in [-0.1, -0.05) is 44.2 Å². The summed E-state index contributed by atoms with van der Waals surface area (Å²) in [7, 11) is 0. The van der Waals surface area contributed by atoms with Crippen LogP contribution in [0, 0.1) is 5.92 Å². The van der Waals surface area contributed by atoms with Gasteiger partial charge in [0.2, 0.25) is 5.13 Å². The minimum Gasteiger partial charge on any atom is -0.360 e. The highest BCUT2D eigenvalue weighted by atomic mass is 32.1. The Kier molecular flexibility index (Phi) is 4.20. The summed E-state index contributed by atoms with van der Waals surface area (Å²) in [5.74, 6) is 1.49. The van der Waals surface area contributed by atoms with Crippen LogP contribution in [-0.4, -0.2) is 15.9 Å². The predicted molar refractivity (Wildman–Crippen MR) is 81.8 cm³/mol. The van der Waals surface area contributed by atoms with E-state index in [9.17, 15) is 0 Å². The molecule has 1 aromatic carbocycles. The Morgan fingerprint density at radius 2 is 1.89 bits per heavy atom. The lowest BCUT2D eigenvalue weighted by Gasteiger charge is -2.21. The molecule has 0 bridgehead atoms. The summed E-state index contributed by atoms with van der Waals surface area (Å²) in [6.07, 6.45) is 0. The van der Waals surface area contributed by atoms with Crippen molar-refractivity contribution >= 4 is 16.7 Å². The second-order valence-corrected chi connectivity index (χ2v) is 6.44. The Hall–Kier alpha value is -1.42. The summed E-state index contributed by atoms with van der Waals surface area (Å²) in [6, 6.07) is 10.4. The van der Waals surface area contributed by atoms with Crippen LogP contribution in [0.2, 0.25) is 0 Å². The largest absolute Gasteiger partial charge is 0.360 e. The van der Waals surface area contributed by atoms with E-state index in [0.717, 1.165) is 17.5 Å². The van der Waals surface area contributed by atoms with E-state index in [1.807, 2.05) is 6.07 Å². The maximum atomic E-state index is 4.63. The molecule has 0 aliphatic rings. The zero-order valence-corrected chi connectivity index (χ0v) is 12.8. The molecule has 1 N–H and O–H groups in total. The Morgan fingerprint density at radius 3 is 2.53 bits per heavy atom. The molecule has 3 nitrogen and oxygen atoms in total. The van der Waals surface area contributed by atoms with E-state index in [-0.39, 0.29) is 5.41 Å². The highest BCUT2D eigenvalue weighted by molar-refractivity contribution is 7.09. The summed E-state index contributed by atoms with van der Waals surface area (Å²) >= 11 is 1.44. The van der Waals surface area contributed by atoms with Crippen molar-refractivity contribution in [2.24, 2.45) is 5.92 Å². The molecule has 0 fully saturated rings. The van der Waals surface area contributed by atoms with Crippen LogP contribution in [0.1, 0.15) is 39.1 Å². The molecule has 19 heavy (non-hydrogen) atoms. The van der Waals surface area contributed by atoms with Gasteiger partial charge in [0.15, 0.2) is 5.82 Å². The van der Waals surface area contributed by atoms with Gasteiger partial charge in [-0.15, -0.1) is 0 Å². The molecule has 2 aromatic rings. The molecule has 0 aliphatic carbocycles. The number of anilines is 1. The standard InChI is InChI=1S/C15H21N3S/c1-11(2)10-16-14-17-13(18-19-14)15(3,4)12-8-6-5-7-9-12/h5-9,11H,10H2,1-4H3,(H,16,17,18). The van der Waals surface area contributed by atoms with E-state index < -0.39 is 0 Å². The van der Waals surface area contributed by atoms with E-state index in [0.29, 0.717) is 5.92 Å². The minimum atomic E-state index is -0.157. The second-order valence-electron chi connectivity index (χ2n) is 5.69. The smallest absolute Gasteiger partial charge is 0.202 e. The van der Waals surface area contributed by atoms with Crippen molar-refractivity contribution in [3.63, 3.8) is 0 Å². The minimum absolute atomic E-state index is 0.157. The third-order valence-electron chi connectivity index (χ3n) is 3.14. The molecule has 1 aromatic heterocycles. The van der Waals surface area contributed by atoms with Gasteiger partial charge in [0.05, 0.1) is 5.41 Å². The molecule has 0 amide bonds. The van der Waals surface area contributed by atoms with E-state index in [2.05, 4.69) is 66.6 Å². The summed E-state index contributed by atoms with van der Waals surface area (Å²) in [5, 5.41) is 4.24. The Morgan fingerprint density at radius 1 is 1.21 bits per heavy atom. The number of aromatic nitrogens is 2. The van der Waals surface area contributed by atoms with Gasteiger partial charge in [-0.25, -0.2) is 4.98 Å². The Labute approximate surface area is 119 Å². The van der Waals surface area contributed by atoms with Crippen LogP contribution < -0.4 is 5.32 Å². The van der Waals surface area contributed by atoms with Crippen LogP contribution in [0.3, 0.4) is 0 Å². The number of nitrogens with one attached hydrogen (secondary N) is 1. The third-order valence-corrected chi connectivity index (χ3v) is 3.81. The normalized spacial score (nSPS) is 11.8. The maximum absolute atomic E-state index is 4.63. The van der Waals surface area contributed by atoms with Crippen molar-refractivity contribution in [2.75, 3.05) is 11.9 Å². The van der Waals surface area contributed by atoms with E-state index in [1.54, 1.807) is 0 Å². The molecule has 0 atom stereocenters. The quantitative estimate of drug-likeness (QED) is 0.898. The van der Waals surface area contributed by atoms with Crippen LogP contribution in [0.15, 0.2) is 30.3 Å². The second kappa shape index (κ2) is 5.70. The number of benzene rings is 1. The molecule has 4 heteroatoms. The monoisotopic (exact) mass is 275 g/mol. The van der Waals surface area contributed by atoms with Gasteiger partial charge >= 0.3 is 0 Å². The molecule has 0 spiro atoms. The molecular formula is C15H21N3S. The number of nitrogens with zero attached hydrogens (tertiary/aromatic N) is 2. The Bertz CT molecular complexity index is 517. The van der Waals surface area contributed by atoms with Crippen LogP contribution >= 0.6 is 11.5 Å². The van der Waals surface area contributed by atoms with E-state index >= 15 is 0 Å². The Balaban J connectivity index is 2.17. The molecular weight excluding hydrogens is 254 g/mol. The molecule has 0 aliphatic heterocycles. The van der Waals surface area contributed by atoms with Crippen LogP contribution in [0.25, 0.3) is 0 Å². The van der Waals surface area contributed by atoms with Gasteiger partial charge in [0, 0.05) is 18.1 Å². The van der Waals surface area contributed by atoms with Crippen molar-refractivity contribution in [1.82, 2.24) is 9.36 Å². The molecule has 0 unspecified atom stereocenters. The lowest BCUT2D eigenvalue weighted by Crippen LogP contribution is -2.20. The van der Waals surface area contributed by atoms with Crippen molar-refractivity contribution in [1.29, 1.82) is 0 Å². The lowest BCUT2D eigenvalue weighted by molar-refractivity contribution is 0.601. The average Bonchev–Trinajstić information content (AvgIpc) is 2.87. The zero-order chi connectivity index (χ0) is 13.9. The van der Waals surface area contributed by atoms with Crippen LogP contribution in [-0.2, 0) is 5.41 Å². The summed E-state index contributed by atoms with van der Waals surface area (Å²) in [5.41, 5.74) is 1.08. The lowest BCUT2D eigenvalue weighted by atomic mass is 9.84. The fourth-order valence-electron chi connectivity index (χ4n) is 1.82. The van der Waals surface area contributed by atoms with Gasteiger partial charge in [-0.3, -0.25) is 0 Å². The fourth-order valence-corrected chi connectivity index (χ4v) is 2.54. The van der Waals surface area contributed by atoms with E-state index in [4.69, 9.17) is 0 Å². The summed E-state index contributed by atoms with van der Waals surface area (Å²) in [4.78, 5) is 4.63. The summed E-state index contributed by atoms with van der Waals surface area (Å²) in [6.45, 7) is 9.62. The molecule has 0 radical (unpaired) electrons. The molecule has 0 saturated carbocycles. The fraction of sp³-hybridized carbons (Fsp3) is 0.467. The maximum Gasteiger partial charge on any atom is 0.202 e. The van der Waals surface area contributed by atoms with Gasteiger partial charge in [-0.05, 0) is 25.3 Å². The average molecular weight is 275 g/mol. The first kappa shape index (κ1) is 14.0. The number of hydrogen-bond acceptors (Lipinski definition) is 4. The van der Waals surface area contributed by atoms with Crippen molar-refractivity contribution in [2.45, 2.75) is 33.1 Å². The summed E-state index contributed by atoms with van der Waals surface area (Å²) < 4.78 is 4.51. The predicted octanol–water partition coefficient (Wildman–Crippen LogP) is 3.93.